The van der Waals surface area contributed by atoms with Crippen molar-refractivity contribution < 1.29 is 9.53 Å². The Kier molecular flexibility index (Phi) is 6.93. The molecule has 1 aliphatic heterocycles. The fraction of sp³-hybridized carbons (Fsp3) is 0.316. The van der Waals surface area contributed by atoms with Crippen LogP contribution in [-0.2, 0) is 11.3 Å². The van der Waals surface area contributed by atoms with Crippen LogP contribution in [0.1, 0.15) is 23.4 Å². The summed E-state index contributed by atoms with van der Waals surface area (Å²) >= 11 is 8.02. The maximum absolute atomic E-state index is 11.9. The number of carbonyl (C=O) groups excluding carboxylic acids is 1. The van der Waals surface area contributed by atoms with E-state index in [1.54, 1.807) is 25.0 Å². The molecule has 1 aliphatic rings. The number of thioether (sulfide) groups is 1. The van der Waals surface area contributed by atoms with Crippen LogP contribution in [0.2, 0.25) is 5.02 Å². The van der Waals surface area contributed by atoms with Crippen molar-refractivity contribution in [2.75, 3.05) is 25.6 Å². The van der Waals surface area contributed by atoms with Crippen LogP contribution in [0, 0.1) is 6.92 Å². The molecule has 0 bridgehead atoms. The highest BCUT2D eigenvalue weighted by molar-refractivity contribution is 7.99. The zero-order valence-electron chi connectivity index (χ0n) is 17.1. The Labute approximate surface area is 194 Å². The number of anilines is 1. The van der Waals surface area contributed by atoms with Crippen molar-refractivity contribution in [1.29, 1.82) is 0 Å². The predicted octanol–water partition coefficient (Wildman–Crippen LogP) is 2.87. The van der Waals surface area contributed by atoms with Crippen LogP contribution >= 0.6 is 35.8 Å². The predicted molar refractivity (Wildman–Crippen MR) is 124 cm³/mol. The molecule has 0 saturated carbocycles. The number of hydrogen-bond donors (Lipinski definition) is 2. The van der Waals surface area contributed by atoms with Gasteiger partial charge < -0.3 is 15.8 Å². The van der Waals surface area contributed by atoms with Crippen LogP contribution in [0.4, 0.5) is 5.95 Å². The summed E-state index contributed by atoms with van der Waals surface area (Å²) in [6.45, 7) is 2.16. The van der Waals surface area contributed by atoms with Gasteiger partial charge in [0, 0.05) is 31.0 Å². The van der Waals surface area contributed by atoms with Crippen molar-refractivity contribution in [2.45, 2.75) is 24.9 Å². The number of methoxy groups -OCH3 is 1. The number of amides is 1. The van der Waals surface area contributed by atoms with Gasteiger partial charge in [-0.1, -0.05) is 11.6 Å². The Hall–Kier alpha value is -2.56. The lowest BCUT2D eigenvalue weighted by Crippen LogP contribution is -2.18. The number of nitrogens with one attached hydrogen (secondary N) is 1. The first-order valence-electron chi connectivity index (χ1n) is 9.16. The molecule has 0 radical (unpaired) electrons. The fourth-order valence-electron chi connectivity index (χ4n) is 3.29. The number of aromatic nitrogens is 5. The van der Waals surface area contributed by atoms with Gasteiger partial charge in [-0.2, -0.15) is 10.1 Å². The van der Waals surface area contributed by atoms with Gasteiger partial charge in [0.15, 0.2) is 5.65 Å². The smallest absolute Gasteiger partial charge is 0.223 e. The van der Waals surface area contributed by atoms with Gasteiger partial charge in [-0.25, -0.2) is 9.67 Å². The number of rotatable bonds is 5. The van der Waals surface area contributed by atoms with Gasteiger partial charge >= 0.3 is 0 Å². The van der Waals surface area contributed by atoms with Crippen LogP contribution in [0.5, 0.6) is 5.75 Å². The molecule has 31 heavy (non-hydrogen) atoms. The Morgan fingerprint density at radius 3 is 2.90 bits per heavy atom. The van der Waals surface area contributed by atoms with E-state index in [9.17, 15) is 4.79 Å². The minimum atomic E-state index is -0.0585. The maximum Gasteiger partial charge on any atom is 0.223 e. The molecule has 12 heteroatoms. The molecule has 0 unspecified atom stereocenters. The van der Waals surface area contributed by atoms with Crippen molar-refractivity contribution in [3.05, 3.63) is 33.7 Å². The first-order valence-corrected chi connectivity index (χ1v) is 10.5. The van der Waals surface area contributed by atoms with Gasteiger partial charge in [0.05, 0.1) is 30.4 Å². The zero-order valence-corrected chi connectivity index (χ0v) is 19.5. The maximum atomic E-state index is 11.9. The van der Waals surface area contributed by atoms with Crippen molar-refractivity contribution >= 4 is 64.7 Å². The van der Waals surface area contributed by atoms with E-state index in [0.717, 1.165) is 21.5 Å². The third-order valence-corrected chi connectivity index (χ3v) is 6.21. The number of carbonyl (C=O) groups is 1. The summed E-state index contributed by atoms with van der Waals surface area (Å²) in [5.41, 5.74) is 9.64. The summed E-state index contributed by atoms with van der Waals surface area (Å²) in [4.78, 5) is 25.1. The molecule has 3 N–H and O–H groups in total. The monoisotopic (exact) mass is 481 g/mol. The quantitative estimate of drug-likeness (QED) is 0.533. The van der Waals surface area contributed by atoms with E-state index >= 15 is 0 Å². The molecule has 0 atom stereocenters. The van der Waals surface area contributed by atoms with E-state index in [1.807, 2.05) is 13.0 Å². The topological polar surface area (TPSA) is 121 Å². The van der Waals surface area contributed by atoms with E-state index in [-0.39, 0.29) is 37.2 Å². The van der Waals surface area contributed by atoms with Crippen LogP contribution in [0.25, 0.3) is 17.1 Å². The summed E-state index contributed by atoms with van der Waals surface area (Å²) < 4.78 is 7.10. The Bertz CT molecular complexity index is 1200. The van der Waals surface area contributed by atoms with Crippen molar-refractivity contribution in [3.8, 4) is 5.75 Å². The molecule has 0 fully saturated rings. The van der Waals surface area contributed by atoms with E-state index in [1.165, 1.54) is 11.8 Å². The molecule has 9 nitrogen and oxygen atoms in total. The Morgan fingerprint density at radius 2 is 2.19 bits per heavy atom. The summed E-state index contributed by atoms with van der Waals surface area (Å²) in [6, 6.07) is 0. The lowest BCUT2D eigenvalue weighted by molar-refractivity contribution is -0.119. The highest BCUT2D eigenvalue weighted by Crippen LogP contribution is 2.36. The summed E-state index contributed by atoms with van der Waals surface area (Å²) in [7, 11) is 3.19. The number of ether oxygens (including phenoxy) is 1. The number of aryl methyl sites for hydroxylation is 1. The first-order chi connectivity index (χ1) is 14.4. The number of nitrogens with zero attached hydrogens (tertiary/aromatic N) is 5. The molecule has 164 valence electrons. The number of pyridine rings is 1. The number of hydrogen-bond acceptors (Lipinski definition) is 8. The SMILES string of the molecule is CNC(=O)CC1=Cc2nn(Cc3ncc(C)c(OC)c3Cl)c3nc(N)nc(c23)SC1.Cl. The lowest BCUT2D eigenvalue weighted by atomic mass is 10.1. The minimum absolute atomic E-state index is 0. The Balaban J connectivity index is 0.00000272. The molecule has 0 saturated heterocycles. The minimum Gasteiger partial charge on any atom is -0.495 e. The second kappa shape index (κ2) is 9.29. The second-order valence-electron chi connectivity index (χ2n) is 6.80. The van der Waals surface area contributed by atoms with Gasteiger partial charge in [0.2, 0.25) is 11.9 Å². The molecule has 3 aromatic rings. The molecule has 0 spiro atoms. The van der Waals surface area contributed by atoms with Crippen LogP contribution in [-0.4, -0.2) is 50.5 Å². The second-order valence-corrected chi connectivity index (χ2v) is 8.15. The van der Waals surface area contributed by atoms with Crippen LogP contribution < -0.4 is 15.8 Å². The standard InChI is InChI=1S/C19H20ClN7O2S.ClH/c1-9-6-23-12(15(20)16(9)29-3)7-27-17-14-11(26-27)4-10(5-13(28)22-2)8-30-18(14)25-19(21)24-17;/h4,6H,5,7-8H2,1-3H3,(H,22,28)(H2,21,24,25);1H. The third kappa shape index (κ3) is 4.41. The van der Waals surface area contributed by atoms with Crippen molar-refractivity contribution in [3.63, 3.8) is 0 Å². The van der Waals surface area contributed by atoms with Gasteiger partial charge in [-0.3, -0.25) is 9.78 Å². The number of halogens is 2. The van der Waals surface area contributed by atoms with Gasteiger partial charge in [-0.15, -0.1) is 24.2 Å². The average molecular weight is 482 g/mol. The number of nitrogen functional groups attached to an aromatic ring is 1. The fourth-order valence-corrected chi connectivity index (χ4v) is 4.63. The van der Waals surface area contributed by atoms with Crippen LogP contribution in [0.15, 0.2) is 16.8 Å². The molecule has 0 aromatic carbocycles. The molecular formula is C19H21Cl2N7O2S. The highest BCUT2D eigenvalue weighted by atomic mass is 35.5. The summed E-state index contributed by atoms with van der Waals surface area (Å²) in [5.74, 6) is 1.31. The molecule has 4 rings (SSSR count). The van der Waals surface area contributed by atoms with Crippen LogP contribution in [0.3, 0.4) is 0 Å². The molecule has 1 amide bonds. The summed E-state index contributed by atoms with van der Waals surface area (Å²) in [6.07, 6.45) is 3.92. The van der Waals surface area contributed by atoms with Crippen molar-refractivity contribution in [2.24, 2.45) is 0 Å². The van der Waals surface area contributed by atoms with E-state index in [0.29, 0.717) is 33.6 Å². The van der Waals surface area contributed by atoms with Gasteiger partial charge in [0.25, 0.3) is 0 Å². The van der Waals surface area contributed by atoms with Crippen molar-refractivity contribution in [1.82, 2.24) is 30.0 Å². The van der Waals surface area contributed by atoms with Gasteiger partial charge in [0.1, 0.15) is 15.8 Å². The average Bonchev–Trinajstić information content (AvgIpc) is 2.95. The lowest BCUT2D eigenvalue weighted by Gasteiger charge is -2.11. The third-order valence-electron chi connectivity index (χ3n) is 4.73. The number of nitrogens with two attached hydrogens (primary N) is 1. The Morgan fingerprint density at radius 1 is 1.42 bits per heavy atom. The molecule has 4 heterocycles. The van der Waals surface area contributed by atoms with E-state index in [4.69, 9.17) is 27.2 Å². The normalized spacial score (nSPS) is 12.7. The summed E-state index contributed by atoms with van der Waals surface area (Å²) in [5, 5.41) is 9.34. The van der Waals surface area contributed by atoms with Gasteiger partial charge in [-0.05, 0) is 18.6 Å². The molecular weight excluding hydrogens is 461 g/mol. The highest BCUT2D eigenvalue weighted by Gasteiger charge is 2.23. The van der Waals surface area contributed by atoms with E-state index < -0.39 is 0 Å². The molecule has 3 aromatic heterocycles. The first kappa shape index (κ1) is 23.1. The molecule has 0 aliphatic carbocycles. The largest absolute Gasteiger partial charge is 0.495 e. The zero-order chi connectivity index (χ0) is 21.4. The van der Waals surface area contributed by atoms with E-state index in [2.05, 4.69) is 20.3 Å².